The molecule has 1 atom stereocenters. The van der Waals surface area contributed by atoms with Gasteiger partial charge in [-0.1, -0.05) is 0 Å². The second-order valence-corrected chi connectivity index (χ2v) is 8.23. The Morgan fingerprint density at radius 1 is 1.26 bits per heavy atom. The molecular weight excluding hydrogens is 318 g/mol. The number of rotatable bonds is 3. The molecule has 2 aliphatic rings. The minimum Gasteiger partial charge on any atom is -0.366 e. The monoisotopic (exact) mass is 339 g/mol. The second-order valence-electron chi connectivity index (χ2n) is 6.00. The summed E-state index contributed by atoms with van der Waals surface area (Å²) >= 11 is 0. The molecule has 0 aliphatic carbocycles. The summed E-state index contributed by atoms with van der Waals surface area (Å²) in [5, 5.41) is 3.18. The van der Waals surface area contributed by atoms with E-state index < -0.39 is 9.84 Å². The molecule has 126 valence electrons. The summed E-state index contributed by atoms with van der Waals surface area (Å²) in [6.07, 6.45) is 2.09. The van der Waals surface area contributed by atoms with E-state index in [9.17, 15) is 13.2 Å². The average molecular weight is 339 g/mol. The third-order valence-electron chi connectivity index (χ3n) is 4.29. The maximum atomic E-state index is 11.5. The van der Waals surface area contributed by atoms with Crippen molar-refractivity contribution < 1.29 is 13.2 Å². The van der Waals surface area contributed by atoms with Gasteiger partial charge in [-0.05, 0) is 6.42 Å². The minimum atomic E-state index is -2.91. The fourth-order valence-corrected chi connectivity index (χ4v) is 4.64. The van der Waals surface area contributed by atoms with Crippen LogP contribution in [0.25, 0.3) is 0 Å². The van der Waals surface area contributed by atoms with Gasteiger partial charge in [0.05, 0.1) is 11.5 Å². The second kappa shape index (κ2) is 6.31. The molecule has 0 radical (unpaired) electrons. The molecule has 3 rings (SSSR count). The SMILES string of the molecule is CC(=O)N1CCN(c2cc(NC3CCS(=O)(=O)C3)ncn2)CC1. The highest BCUT2D eigenvalue weighted by molar-refractivity contribution is 7.91. The molecule has 8 nitrogen and oxygen atoms in total. The molecule has 9 heteroatoms. The number of sulfone groups is 1. The zero-order chi connectivity index (χ0) is 16.4. The molecule has 2 aliphatic heterocycles. The van der Waals surface area contributed by atoms with Crippen LogP contribution in [0.4, 0.5) is 11.6 Å². The Bertz CT molecular complexity index is 685. The molecule has 2 saturated heterocycles. The van der Waals surface area contributed by atoms with Crippen LogP contribution in [0.15, 0.2) is 12.4 Å². The smallest absolute Gasteiger partial charge is 0.219 e. The van der Waals surface area contributed by atoms with E-state index in [1.165, 1.54) is 6.33 Å². The van der Waals surface area contributed by atoms with Crippen molar-refractivity contribution in [3.8, 4) is 0 Å². The van der Waals surface area contributed by atoms with E-state index in [-0.39, 0.29) is 23.5 Å². The Kier molecular flexibility index (Phi) is 4.38. The molecule has 0 bridgehead atoms. The van der Waals surface area contributed by atoms with Crippen molar-refractivity contribution in [2.75, 3.05) is 47.9 Å². The molecule has 1 aromatic rings. The molecule has 1 unspecified atom stereocenters. The van der Waals surface area contributed by atoms with Gasteiger partial charge in [-0.3, -0.25) is 4.79 Å². The van der Waals surface area contributed by atoms with Crippen molar-refractivity contribution in [2.45, 2.75) is 19.4 Å². The number of hydrogen-bond donors (Lipinski definition) is 1. The number of amides is 1. The molecule has 3 heterocycles. The first-order valence-corrected chi connectivity index (χ1v) is 9.54. The Morgan fingerprint density at radius 3 is 2.61 bits per heavy atom. The molecule has 1 N–H and O–H groups in total. The maximum Gasteiger partial charge on any atom is 0.219 e. The molecule has 23 heavy (non-hydrogen) atoms. The van der Waals surface area contributed by atoms with Crippen LogP contribution in [-0.4, -0.2) is 72.9 Å². The van der Waals surface area contributed by atoms with Crippen molar-refractivity contribution in [3.63, 3.8) is 0 Å². The van der Waals surface area contributed by atoms with Crippen LogP contribution in [0.1, 0.15) is 13.3 Å². The van der Waals surface area contributed by atoms with Gasteiger partial charge in [-0.2, -0.15) is 0 Å². The van der Waals surface area contributed by atoms with E-state index in [2.05, 4.69) is 20.2 Å². The Balaban J connectivity index is 1.63. The normalized spacial score (nSPS) is 23.8. The fourth-order valence-electron chi connectivity index (χ4n) is 2.97. The molecule has 2 fully saturated rings. The summed E-state index contributed by atoms with van der Waals surface area (Å²) < 4.78 is 23.0. The zero-order valence-electron chi connectivity index (χ0n) is 13.1. The summed E-state index contributed by atoms with van der Waals surface area (Å²) in [7, 11) is -2.91. The first-order chi connectivity index (χ1) is 10.9. The van der Waals surface area contributed by atoms with Crippen molar-refractivity contribution in [1.82, 2.24) is 14.9 Å². The number of carbonyl (C=O) groups excluding carboxylic acids is 1. The van der Waals surface area contributed by atoms with Crippen molar-refractivity contribution in [1.29, 1.82) is 0 Å². The molecule has 0 saturated carbocycles. The summed E-state index contributed by atoms with van der Waals surface area (Å²) in [5.41, 5.74) is 0. The van der Waals surface area contributed by atoms with Crippen molar-refractivity contribution in [3.05, 3.63) is 12.4 Å². The Morgan fingerprint density at radius 2 is 2.00 bits per heavy atom. The molecule has 0 aromatic carbocycles. The summed E-state index contributed by atoms with van der Waals surface area (Å²) in [5.74, 6) is 1.92. The van der Waals surface area contributed by atoms with Crippen LogP contribution in [0.2, 0.25) is 0 Å². The number of carbonyl (C=O) groups is 1. The summed E-state index contributed by atoms with van der Waals surface area (Å²) in [4.78, 5) is 23.8. The van der Waals surface area contributed by atoms with Crippen LogP contribution in [0.5, 0.6) is 0 Å². The molecule has 1 amide bonds. The van der Waals surface area contributed by atoms with Crippen LogP contribution in [-0.2, 0) is 14.6 Å². The quantitative estimate of drug-likeness (QED) is 0.811. The summed E-state index contributed by atoms with van der Waals surface area (Å²) in [6, 6.07) is 1.76. The Hall–Kier alpha value is -1.90. The van der Waals surface area contributed by atoms with Crippen LogP contribution in [0.3, 0.4) is 0 Å². The molecule has 1 aromatic heterocycles. The number of piperazine rings is 1. The lowest BCUT2D eigenvalue weighted by Crippen LogP contribution is -2.48. The van der Waals surface area contributed by atoms with Gasteiger partial charge in [0.15, 0.2) is 9.84 Å². The lowest BCUT2D eigenvalue weighted by atomic mass is 10.2. The van der Waals surface area contributed by atoms with Gasteiger partial charge in [0, 0.05) is 45.2 Å². The van der Waals surface area contributed by atoms with Crippen molar-refractivity contribution in [2.24, 2.45) is 0 Å². The first kappa shape index (κ1) is 16.0. The van der Waals surface area contributed by atoms with E-state index in [0.29, 0.717) is 25.3 Å². The van der Waals surface area contributed by atoms with Gasteiger partial charge >= 0.3 is 0 Å². The van der Waals surface area contributed by atoms with E-state index in [1.54, 1.807) is 6.92 Å². The lowest BCUT2D eigenvalue weighted by molar-refractivity contribution is -0.129. The highest BCUT2D eigenvalue weighted by atomic mass is 32.2. The van der Waals surface area contributed by atoms with Crippen molar-refractivity contribution >= 4 is 27.4 Å². The van der Waals surface area contributed by atoms with Gasteiger partial charge in [-0.15, -0.1) is 0 Å². The van der Waals surface area contributed by atoms with E-state index in [0.717, 1.165) is 18.9 Å². The van der Waals surface area contributed by atoms with Gasteiger partial charge in [0.2, 0.25) is 5.91 Å². The molecular formula is C14H21N5O3S. The van der Waals surface area contributed by atoms with Crippen LogP contribution >= 0.6 is 0 Å². The van der Waals surface area contributed by atoms with E-state index in [1.807, 2.05) is 11.0 Å². The third-order valence-corrected chi connectivity index (χ3v) is 6.05. The van der Waals surface area contributed by atoms with Crippen LogP contribution in [0, 0.1) is 0 Å². The number of hydrogen-bond acceptors (Lipinski definition) is 7. The Labute approximate surface area is 135 Å². The summed E-state index contributed by atoms with van der Waals surface area (Å²) in [6.45, 7) is 4.41. The van der Waals surface area contributed by atoms with E-state index >= 15 is 0 Å². The van der Waals surface area contributed by atoms with Gasteiger partial charge in [0.25, 0.3) is 0 Å². The third kappa shape index (κ3) is 3.90. The zero-order valence-corrected chi connectivity index (χ0v) is 13.9. The maximum absolute atomic E-state index is 11.5. The van der Waals surface area contributed by atoms with Gasteiger partial charge in [0.1, 0.15) is 18.0 Å². The topological polar surface area (TPSA) is 95.5 Å². The van der Waals surface area contributed by atoms with Gasteiger partial charge in [-0.25, -0.2) is 18.4 Å². The van der Waals surface area contributed by atoms with Crippen LogP contribution < -0.4 is 10.2 Å². The predicted molar refractivity (Wildman–Crippen MR) is 87.2 cm³/mol. The first-order valence-electron chi connectivity index (χ1n) is 7.72. The number of nitrogens with one attached hydrogen (secondary N) is 1. The number of aromatic nitrogens is 2. The fraction of sp³-hybridized carbons (Fsp3) is 0.643. The highest BCUT2D eigenvalue weighted by Crippen LogP contribution is 2.20. The highest BCUT2D eigenvalue weighted by Gasteiger charge is 2.28. The lowest BCUT2D eigenvalue weighted by Gasteiger charge is -2.34. The molecule has 0 spiro atoms. The standard InChI is InChI=1S/C14H21N5O3S/c1-11(20)18-3-5-19(6-4-18)14-8-13(15-10-16-14)17-12-2-7-23(21,22)9-12/h8,10,12H,2-7,9H2,1H3,(H,15,16,17). The number of anilines is 2. The van der Waals surface area contributed by atoms with Gasteiger partial charge < -0.3 is 15.1 Å². The minimum absolute atomic E-state index is 0.0858. The predicted octanol–water partition coefficient (Wildman–Crippen LogP) is -0.256. The largest absolute Gasteiger partial charge is 0.366 e. The number of nitrogens with zero attached hydrogens (tertiary/aromatic N) is 4. The average Bonchev–Trinajstić information content (AvgIpc) is 2.86. The van der Waals surface area contributed by atoms with E-state index in [4.69, 9.17) is 0 Å².